The molecule has 0 aliphatic carbocycles. The highest BCUT2D eigenvalue weighted by Crippen LogP contribution is 2.36. The predicted octanol–water partition coefficient (Wildman–Crippen LogP) is 5.23. The van der Waals surface area contributed by atoms with Crippen LogP contribution in [0.25, 0.3) is 5.70 Å². The zero-order valence-electron chi connectivity index (χ0n) is 15.2. The predicted molar refractivity (Wildman–Crippen MR) is 114 cm³/mol. The first kappa shape index (κ1) is 19.8. The van der Waals surface area contributed by atoms with E-state index in [-0.39, 0.29) is 18.1 Å². The van der Waals surface area contributed by atoms with Gasteiger partial charge in [-0.3, -0.25) is 10.1 Å². The maximum absolute atomic E-state index is 12.9. The van der Waals surface area contributed by atoms with Crippen molar-refractivity contribution in [1.82, 2.24) is 9.99 Å². The Bertz CT molecular complexity index is 944. The Balaban J connectivity index is 1.89. The molecule has 1 N–H and O–H groups in total. The van der Waals surface area contributed by atoms with Crippen molar-refractivity contribution in [1.29, 1.82) is 0 Å². The minimum Gasteiger partial charge on any atom is -0.296 e. The van der Waals surface area contributed by atoms with Crippen LogP contribution in [0.15, 0.2) is 34.2 Å². The van der Waals surface area contributed by atoms with Crippen molar-refractivity contribution in [2.75, 3.05) is 11.1 Å². The van der Waals surface area contributed by atoms with Crippen molar-refractivity contribution in [2.24, 2.45) is 5.10 Å². The first-order valence-electron chi connectivity index (χ1n) is 8.25. The van der Waals surface area contributed by atoms with Crippen LogP contribution in [0.2, 0.25) is 0 Å². The normalized spacial score (nSPS) is 14.2. The molecule has 0 spiro atoms. The number of aryl methyl sites for hydroxylation is 2. The highest BCUT2D eigenvalue weighted by molar-refractivity contribution is 7.94. The molecule has 142 valence electrons. The number of allylic oxidation sites excluding steroid dienone is 2. The van der Waals surface area contributed by atoms with Gasteiger partial charge in [-0.15, -0.1) is 22.7 Å². The topological polar surface area (TPSA) is 57.6 Å². The van der Waals surface area contributed by atoms with Gasteiger partial charge in [0.25, 0.3) is 5.91 Å². The van der Waals surface area contributed by atoms with Gasteiger partial charge in [-0.1, -0.05) is 12.7 Å². The Morgan fingerprint density at radius 1 is 1.44 bits per heavy atom. The molecule has 0 saturated carbocycles. The fourth-order valence-electron chi connectivity index (χ4n) is 2.67. The number of hydrazone groups is 1. The monoisotopic (exact) mass is 422 g/mol. The lowest BCUT2D eigenvalue weighted by Gasteiger charge is -2.28. The summed E-state index contributed by atoms with van der Waals surface area (Å²) >= 11 is 3.17. The fraction of sp³-hybridized carbons (Fsp3) is 0.278. The molecular formula is C18H19FN4OS3. The van der Waals surface area contributed by atoms with Crippen molar-refractivity contribution in [3.63, 3.8) is 0 Å². The van der Waals surface area contributed by atoms with Gasteiger partial charge in [-0.05, 0) is 20.8 Å². The molecule has 0 atom stereocenters. The van der Waals surface area contributed by atoms with Crippen LogP contribution in [-0.2, 0) is 11.2 Å². The van der Waals surface area contributed by atoms with Crippen molar-refractivity contribution in [3.05, 3.63) is 50.8 Å². The van der Waals surface area contributed by atoms with Gasteiger partial charge in [0.15, 0.2) is 10.8 Å². The summed E-state index contributed by atoms with van der Waals surface area (Å²) in [6.07, 6.45) is 2.45. The van der Waals surface area contributed by atoms with E-state index >= 15 is 0 Å². The van der Waals surface area contributed by atoms with E-state index in [4.69, 9.17) is 0 Å². The van der Waals surface area contributed by atoms with Crippen LogP contribution in [0.1, 0.15) is 35.5 Å². The fourth-order valence-corrected chi connectivity index (χ4v) is 4.56. The summed E-state index contributed by atoms with van der Waals surface area (Å²) in [5.41, 5.74) is 4.47. The van der Waals surface area contributed by atoms with Crippen LogP contribution >= 0.6 is 34.8 Å². The maximum atomic E-state index is 12.9. The number of thiophene rings is 1. The standard InChI is InChI=1S/C18H19FN4OS3/c1-5-10(2)23-11(3)15-12(4)25-9-14(15)16(22-23)17(24)21-18-20-13(8-26-18)6-7-27-19/h5,8-9H,3,6-7H2,1-2,4H3,(H,20,21,24)/b10-5+. The largest absolute Gasteiger partial charge is 0.296 e. The highest BCUT2D eigenvalue weighted by atomic mass is 32.2. The second-order valence-corrected chi connectivity index (χ2v) is 8.45. The third kappa shape index (κ3) is 3.99. The summed E-state index contributed by atoms with van der Waals surface area (Å²) in [7, 11) is 0. The first-order chi connectivity index (χ1) is 13.0. The van der Waals surface area contributed by atoms with Crippen LogP contribution in [0.5, 0.6) is 0 Å². The lowest BCUT2D eigenvalue weighted by atomic mass is 10.0. The molecule has 2 aromatic heterocycles. The first-order valence-corrected chi connectivity index (χ1v) is 10.9. The lowest BCUT2D eigenvalue weighted by molar-refractivity contribution is -0.110. The number of halogens is 1. The number of aromatic nitrogens is 1. The molecule has 3 rings (SSSR count). The molecule has 0 bridgehead atoms. The minimum atomic E-state index is -0.323. The van der Waals surface area contributed by atoms with Crippen molar-refractivity contribution in [2.45, 2.75) is 27.2 Å². The Morgan fingerprint density at radius 3 is 2.93 bits per heavy atom. The average Bonchev–Trinajstić information content (AvgIpc) is 3.26. The molecule has 1 amide bonds. The molecule has 9 heteroatoms. The van der Waals surface area contributed by atoms with E-state index in [1.165, 1.54) is 11.3 Å². The Kier molecular flexibility index (Phi) is 6.13. The van der Waals surface area contributed by atoms with Gasteiger partial charge in [0, 0.05) is 56.8 Å². The van der Waals surface area contributed by atoms with Crippen molar-refractivity contribution in [3.8, 4) is 0 Å². The summed E-state index contributed by atoms with van der Waals surface area (Å²) in [5.74, 6) is 0.0253. The average molecular weight is 423 g/mol. The number of hydrogen-bond acceptors (Lipinski definition) is 7. The molecule has 0 unspecified atom stereocenters. The Hall–Kier alpha value is -1.97. The third-order valence-electron chi connectivity index (χ3n) is 4.15. The van der Waals surface area contributed by atoms with E-state index < -0.39 is 0 Å². The molecule has 1 aliphatic rings. The van der Waals surface area contributed by atoms with Crippen LogP contribution < -0.4 is 5.32 Å². The second kappa shape index (κ2) is 8.37. The van der Waals surface area contributed by atoms with Crippen molar-refractivity contribution < 1.29 is 8.68 Å². The molecule has 0 fully saturated rings. The zero-order chi connectivity index (χ0) is 19.6. The third-order valence-corrected chi connectivity index (χ3v) is 6.23. The molecule has 0 saturated heterocycles. The molecule has 1 aliphatic heterocycles. The van der Waals surface area contributed by atoms with E-state index in [2.05, 4.69) is 22.0 Å². The van der Waals surface area contributed by atoms with E-state index in [0.717, 1.165) is 33.1 Å². The van der Waals surface area contributed by atoms with Crippen LogP contribution in [0.3, 0.4) is 0 Å². The number of hydrogen-bond donors (Lipinski definition) is 1. The number of amides is 1. The number of carbonyl (C=O) groups excluding carboxylic acids is 1. The molecule has 3 heterocycles. The molecule has 27 heavy (non-hydrogen) atoms. The van der Waals surface area contributed by atoms with E-state index in [0.29, 0.717) is 23.0 Å². The number of nitrogens with one attached hydrogen (secondary N) is 1. The highest BCUT2D eigenvalue weighted by Gasteiger charge is 2.30. The second-order valence-electron chi connectivity index (χ2n) is 5.88. The van der Waals surface area contributed by atoms with Gasteiger partial charge in [0.2, 0.25) is 0 Å². The zero-order valence-corrected chi connectivity index (χ0v) is 17.7. The molecular weight excluding hydrogens is 403 g/mol. The number of fused-ring (bicyclic) bond motifs is 1. The van der Waals surface area contributed by atoms with E-state index in [1.54, 1.807) is 16.3 Å². The quantitative estimate of drug-likeness (QED) is 0.693. The molecule has 2 aromatic rings. The lowest BCUT2D eigenvalue weighted by Crippen LogP contribution is -2.31. The van der Waals surface area contributed by atoms with Crippen LogP contribution in [0, 0.1) is 6.92 Å². The summed E-state index contributed by atoms with van der Waals surface area (Å²) in [5, 5.41) is 13.3. The SMILES string of the molecule is C=C1c2c(csc2C)C(C(=O)Nc2nc(CCSF)cs2)=NN1/C(C)=C/C. The van der Waals surface area contributed by atoms with Gasteiger partial charge in [-0.2, -0.15) is 8.99 Å². The minimum absolute atomic E-state index is 0.282. The number of anilines is 1. The molecule has 0 radical (unpaired) electrons. The number of nitrogens with zero attached hydrogens (tertiary/aromatic N) is 3. The van der Waals surface area contributed by atoms with Crippen LogP contribution in [-0.4, -0.2) is 27.4 Å². The van der Waals surface area contributed by atoms with Gasteiger partial charge >= 0.3 is 0 Å². The number of rotatable bonds is 6. The molecule has 5 nitrogen and oxygen atoms in total. The molecule has 0 aromatic carbocycles. The smallest absolute Gasteiger partial charge is 0.278 e. The Morgan fingerprint density at radius 2 is 2.22 bits per heavy atom. The summed E-state index contributed by atoms with van der Waals surface area (Å²) in [4.78, 5) is 18.3. The van der Waals surface area contributed by atoms with Crippen LogP contribution in [0.4, 0.5) is 9.02 Å². The number of carbonyl (C=O) groups is 1. The summed E-state index contributed by atoms with van der Waals surface area (Å²) in [6.45, 7) is 10.0. The Labute approximate surface area is 170 Å². The van der Waals surface area contributed by atoms with Gasteiger partial charge in [-0.25, -0.2) is 9.99 Å². The summed E-state index contributed by atoms with van der Waals surface area (Å²) < 4.78 is 12.2. The van der Waals surface area contributed by atoms with Crippen molar-refractivity contribution >= 4 is 57.3 Å². The van der Waals surface area contributed by atoms with E-state index in [1.807, 2.05) is 37.6 Å². The maximum Gasteiger partial charge on any atom is 0.278 e. The van der Waals surface area contributed by atoms with Gasteiger partial charge in [0.1, 0.15) is 0 Å². The van der Waals surface area contributed by atoms with E-state index in [9.17, 15) is 8.68 Å². The number of thiazole rings is 1. The van der Waals surface area contributed by atoms with Gasteiger partial charge < -0.3 is 0 Å². The van der Waals surface area contributed by atoms with Gasteiger partial charge in [0.05, 0.1) is 11.4 Å². The summed E-state index contributed by atoms with van der Waals surface area (Å²) in [6, 6.07) is 0.